The van der Waals surface area contributed by atoms with Gasteiger partial charge in [-0.05, 0) is 31.2 Å². The van der Waals surface area contributed by atoms with Crippen LogP contribution in [0.1, 0.15) is 37.6 Å². The Kier molecular flexibility index (Phi) is 5.31. The van der Waals surface area contributed by atoms with Crippen LogP contribution in [0.2, 0.25) is 5.02 Å². The van der Waals surface area contributed by atoms with Gasteiger partial charge in [0.05, 0.1) is 16.8 Å². The molecule has 1 N–H and O–H groups in total. The van der Waals surface area contributed by atoms with Crippen LogP contribution >= 0.6 is 11.6 Å². The lowest BCUT2D eigenvalue weighted by Gasteiger charge is -2.20. The number of nitrogens with one attached hydrogen (secondary N) is 1. The Hall–Kier alpha value is -1.46. The zero-order valence-electron chi connectivity index (χ0n) is 12.0. The van der Waals surface area contributed by atoms with Crippen molar-refractivity contribution in [3.8, 4) is 0 Å². The fraction of sp³-hybridized carbons (Fsp3) is 0.400. The Morgan fingerprint density at radius 3 is 2.71 bits per heavy atom. The second-order valence-corrected chi connectivity index (χ2v) is 5.16. The summed E-state index contributed by atoms with van der Waals surface area (Å²) >= 11 is 5.62. The molecule has 0 aliphatic heterocycles. The van der Waals surface area contributed by atoms with E-state index in [2.05, 4.69) is 10.4 Å². The minimum absolute atomic E-state index is 0.214. The maximum atomic E-state index is 14.2. The monoisotopic (exact) mass is 313 g/mol. The summed E-state index contributed by atoms with van der Waals surface area (Å²) in [6.45, 7) is 5.29. The highest BCUT2D eigenvalue weighted by molar-refractivity contribution is 6.30. The molecule has 0 amide bonds. The molecule has 6 heteroatoms. The van der Waals surface area contributed by atoms with Crippen molar-refractivity contribution in [2.24, 2.45) is 0 Å². The topological polar surface area (TPSA) is 29.9 Å². The highest BCUT2D eigenvalue weighted by Gasteiger charge is 2.22. The van der Waals surface area contributed by atoms with E-state index >= 15 is 0 Å². The van der Waals surface area contributed by atoms with Gasteiger partial charge in [0.15, 0.2) is 0 Å². The van der Waals surface area contributed by atoms with E-state index in [0.717, 1.165) is 30.8 Å². The summed E-state index contributed by atoms with van der Waals surface area (Å²) in [6, 6.07) is 3.51. The lowest BCUT2D eigenvalue weighted by atomic mass is 10.0. The molecule has 1 unspecified atom stereocenters. The van der Waals surface area contributed by atoms with Gasteiger partial charge in [0.2, 0.25) is 0 Å². The van der Waals surface area contributed by atoms with Gasteiger partial charge < -0.3 is 5.32 Å². The molecule has 0 saturated heterocycles. The Labute approximate surface area is 127 Å². The molecule has 1 atom stereocenters. The summed E-state index contributed by atoms with van der Waals surface area (Å²) in [5.74, 6) is -1.16. The molecule has 0 fully saturated rings. The molecule has 0 bridgehead atoms. The zero-order valence-corrected chi connectivity index (χ0v) is 12.8. The summed E-state index contributed by atoms with van der Waals surface area (Å²) in [7, 11) is 0. The van der Waals surface area contributed by atoms with E-state index in [1.54, 1.807) is 10.9 Å². The Bertz CT molecular complexity index is 613. The van der Waals surface area contributed by atoms with E-state index in [1.165, 1.54) is 0 Å². The lowest BCUT2D eigenvalue weighted by Crippen LogP contribution is -2.26. The molecule has 0 aliphatic rings. The van der Waals surface area contributed by atoms with E-state index in [0.29, 0.717) is 6.54 Å². The predicted octanol–water partition coefficient (Wildman–Crippen LogP) is 3.92. The van der Waals surface area contributed by atoms with Crippen molar-refractivity contribution in [1.29, 1.82) is 0 Å². The maximum absolute atomic E-state index is 14.2. The molecule has 2 rings (SSSR count). The normalized spacial score (nSPS) is 12.6. The number of hydrogen-bond donors (Lipinski definition) is 1. The summed E-state index contributed by atoms with van der Waals surface area (Å²) in [4.78, 5) is 0. The molecule has 0 spiro atoms. The number of aromatic nitrogens is 2. The zero-order chi connectivity index (χ0) is 15.4. The number of aryl methyl sites for hydroxylation is 1. The third-order valence-electron chi connectivity index (χ3n) is 3.24. The van der Waals surface area contributed by atoms with Gasteiger partial charge in [0.1, 0.15) is 11.6 Å². The number of hydrogen-bond acceptors (Lipinski definition) is 2. The summed E-state index contributed by atoms with van der Waals surface area (Å²) in [5, 5.41) is 7.20. The number of nitrogens with zero attached hydrogens (tertiary/aromatic N) is 2. The van der Waals surface area contributed by atoms with Gasteiger partial charge in [-0.2, -0.15) is 5.10 Å². The first-order valence-corrected chi connectivity index (χ1v) is 7.35. The van der Waals surface area contributed by atoms with Crippen LogP contribution in [0.3, 0.4) is 0 Å². The average molecular weight is 314 g/mol. The van der Waals surface area contributed by atoms with Gasteiger partial charge >= 0.3 is 0 Å². The van der Waals surface area contributed by atoms with E-state index in [-0.39, 0.29) is 10.6 Å². The second kappa shape index (κ2) is 7.00. The number of benzene rings is 1. The first-order chi connectivity index (χ1) is 10.1. The molecular weight excluding hydrogens is 296 g/mol. The van der Waals surface area contributed by atoms with E-state index in [4.69, 9.17) is 11.6 Å². The van der Waals surface area contributed by atoms with Crippen molar-refractivity contribution in [3.05, 3.63) is 52.3 Å². The highest BCUT2D eigenvalue weighted by Crippen LogP contribution is 2.28. The van der Waals surface area contributed by atoms with Gasteiger partial charge in [-0.1, -0.05) is 25.4 Å². The first kappa shape index (κ1) is 15.9. The van der Waals surface area contributed by atoms with Crippen LogP contribution in [0.25, 0.3) is 0 Å². The second-order valence-electron chi connectivity index (χ2n) is 4.76. The molecule has 1 aromatic carbocycles. The third kappa shape index (κ3) is 3.41. The van der Waals surface area contributed by atoms with Crippen molar-refractivity contribution in [2.75, 3.05) is 6.54 Å². The van der Waals surface area contributed by atoms with Crippen LogP contribution < -0.4 is 5.32 Å². The van der Waals surface area contributed by atoms with Gasteiger partial charge in [0, 0.05) is 18.3 Å². The molecular formula is C15H18ClF2N3. The van der Waals surface area contributed by atoms with Crippen LogP contribution in [0.5, 0.6) is 0 Å². The maximum Gasteiger partial charge on any atom is 0.142 e. The number of rotatable bonds is 6. The van der Waals surface area contributed by atoms with Gasteiger partial charge in [0.25, 0.3) is 0 Å². The fourth-order valence-electron chi connectivity index (χ4n) is 2.32. The largest absolute Gasteiger partial charge is 0.305 e. The molecule has 2 aromatic rings. The molecule has 1 heterocycles. The average Bonchev–Trinajstić information content (AvgIpc) is 2.89. The number of halogens is 3. The summed E-state index contributed by atoms with van der Waals surface area (Å²) in [5.41, 5.74) is 1.04. The van der Waals surface area contributed by atoms with E-state index in [9.17, 15) is 8.78 Å². The molecule has 0 aliphatic carbocycles. The molecule has 3 nitrogen and oxygen atoms in total. The van der Waals surface area contributed by atoms with Crippen molar-refractivity contribution in [3.63, 3.8) is 0 Å². The van der Waals surface area contributed by atoms with Crippen LogP contribution in [0.4, 0.5) is 8.78 Å². The van der Waals surface area contributed by atoms with Crippen molar-refractivity contribution in [2.45, 2.75) is 32.9 Å². The molecule has 114 valence electrons. The van der Waals surface area contributed by atoms with Gasteiger partial charge in [-0.25, -0.2) is 8.78 Å². The lowest BCUT2D eigenvalue weighted by molar-refractivity contribution is 0.497. The van der Waals surface area contributed by atoms with E-state index in [1.807, 2.05) is 19.9 Å². The smallest absolute Gasteiger partial charge is 0.142 e. The standard InChI is InChI=1S/C15H18ClF2N3/c1-3-7-21-14(5-6-20-21)15(19-4-2)10-8-13(18)11(16)9-12(10)17/h5-6,8-9,15,19H,3-4,7H2,1-2H3. The Morgan fingerprint density at radius 1 is 1.29 bits per heavy atom. The van der Waals surface area contributed by atoms with Crippen LogP contribution in [-0.4, -0.2) is 16.3 Å². The van der Waals surface area contributed by atoms with Crippen LogP contribution in [0, 0.1) is 11.6 Å². The molecule has 1 aromatic heterocycles. The van der Waals surface area contributed by atoms with Crippen molar-refractivity contribution >= 4 is 11.6 Å². The fourth-order valence-corrected chi connectivity index (χ4v) is 2.47. The van der Waals surface area contributed by atoms with Gasteiger partial charge in [-0.3, -0.25) is 4.68 Å². The molecule has 21 heavy (non-hydrogen) atoms. The molecule has 0 saturated carbocycles. The minimum Gasteiger partial charge on any atom is -0.305 e. The molecule has 0 radical (unpaired) electrons. The predicted molar refractivity (Wildman–Crippen MR) is 79.4 cm³/mol. The Balaban J connectivity index is 2.48. The van der Waals surface area contributed by atoms with Crippen LogP contribution in [-0.2, 0) is 6.54 Å². The van der Waals surface area contributed by atoms with Crippen molar-refractivity contribution in [1.82, 2.24) is 15.1 Å². The summed E-state index contributed by atoms with van der Waals surface area (Å²) in [6.07, 6.45) is 2.57. The third-order valence-corrected chi connectivity index (χ3v) is 3.53. The summed E-state index contributed by atoms with van der Waals surface area (Å²) < 4.78 is 29.7. The minimum atomic E-state index is -0.627. The first-order valence-electron chi connectivity index (χ1n) is 6.98. The SMILES string of the molecule is CCCn1nccc1C(NCC)c1cc(F)c(Cl)cc1F. The van der Waals surface area contributed by atoms with E-state index < -0.39 is 17.7 Å². The Morgan fingerprint density at radius 2 is 2.05 bits per heavy atom. The quantitative estimate of drug-likeness (QED) is 0.819. The van der Waals surface area contributed by atoms with Crippen molar-refractivity contribution < 1.29 is 8.78 Å². The van der Waals surface area contributed by atoms with Crippen LogP contribution in [0.15, 0.2) is 24.4 Å². The highest BCUT2D eigenvalue weighted by atomic mass is 35.5. The van der Waals surface area contributed by atoms with Gasteiger partial charge in [-0.15, -0.1) is 0 Å².